The molecule has 1 aromatic rings. The number of aryl methyl sites for hydroxylation is 1. The highest BCUT2D eigenvalue weighted by molar-refractivity contribution is 5.79. The number of amides is 2. The lowest BCUT2D eigenvalue weighted by Crippen LogP contribution is -2.48. The van der Waals surface area contributed by atoms with Crippen molar-refractivity contribution in [3.63, 3.8) is 0 Å². The van der Waals surface area contributed by atoms with Gasteiger partial charge in [-0.05, 0) is 44.2 Å². The van der Waals surface area contributed by atoms with E-state index < -0.39 is 0 Å². The lowest BCUT2D eigenvalue weighted by Gasteiger charge is -2.36. The van der Waals surface area contributed by atoms with Crippen molar-refractivity contribution in [3.05, 3.63) is 29.6 Å². The summed E-state index contributed by atoms with van der Waals surface area (Å²) in [6.07, 6.45) is 5.35. The molecule has 2 aliphatic heterocycles. The summed E-state index contributed by atoms with van der Waals surface area (Å²) in [6, 6.07) is 4.45. The molecule has 2 N–H and O–H groups in total. The van der Waals surface area contributed by atoms with Gasteiger partial charge in [-0.3, -0.25) is 24.3 Å². The summed E-state index contributed by atoms with van der Waals surface area (Å²) in [6.45, 7) is 6.94. The van der Waals surface area contributed by atoms with Crippen LogP contribution in [0.4, 0.5) is 0 Å². The molecule has 2 aliphatic rings. The fraction of sp³-hybridized carbons (Fsp3) is 0.652. The van der Waals surface area contributed by atoms with Gasteiger partial charge in [0.1, 0.15) is 0 Å². The number of likely N-dealkylation sites (tertiary alicyclic amines) is 1. The van der Waals surface area contributed by atoms with Gasteiger partial charge in [0.05, 0.1) is 18.2 Å². The highest BCUT2D eigenvalue weighted by Crippen LogP contribution is 2.24. The Hall–Kier alpha value is -2.52. The Bertz CT molecular complexity index is 754. The van der Waals surface area contributed by atoms with Gasteiger partial charge >= 0.3 is 0 Å². The van der Waals surface area contributed by atoms with Crippen molar-refractivity contribution < 1.29 is 24.2 Å². The van der Waals surface area contributed by atoms with Gasteiger partial charge in [0.15, 0.2) is 0 Å². The minimum atomic E-state index is -0.250. The fourth-order valence-electron chi connectivity index (χ4n) is 4.48. The van der Waals surface area contributed by atoms with E-state index in [1.807, 2.05) is 26.1 Å². The first kappa shape index (κ1) is 25.7. The Balaban J connectivity index is 0.00000114. The van der Waals surface area contributed by atoms with Gasteiger partial charge in [0.2, 0.25) is 11.8 Å². The number of carboxylic acid groups (broad SMARTS) is 1. The first-order valence-corrected chi connectivity index (χ1v) is 11.2. The number of hydrogen-bond acceptors (Lipinski definition) is 6. The lowest BCUT2D eigenvalue weighted by molar-refractivity contribution is -0.135. The van der Waals surface area contributed by atoms with E-state index in [1.54, 1.807) is 18.0 Å². The van der Waals surface area contributed by atoms with Gasteiger partial charge < -0.3 is 20.1 Å². The van der Waals surface area contributed by atoms with Gasteiger partial charge in [-0.2, -0.15) is 0 Å². The molecule has 1 aromatic heterocycles. The van der Waals surface area contributed by atoms with E-state index in [4.69, 9.17) is 14.6 Å². The van der Waals surface area contributed by atoms with E-state index in [9.17, 15) is 9.59 Å². The van der Waals surface area contributed by atoms with Crippen LogP contribution in [0.2, 0.25) is 0 Å². The Kier molecular flexibility index (Phi) is 10.6. The van der Waals surface area contributed by atoms with Crippen LogP contribution in [0, 0.1) is 12.8 Å². The molecule has 0 bridgehead atoms. The molecule has 0 spiro atoms. The monoisotopic (exact) mass is 448 g/mol. The molecule has 0 unspecified atom stereocenters. The van der Waals surface area contributed by atoms with Crippen LogP contribution in [0.25, 0.3) is 0 Å². The molecule has 2 saturated heterocycles. The number of aromatic nitrogens is 1. The van der Waals surface area contributed by atoms with E-state index in [-0.39, 0.29) is 30.2 Å². The molecule has 2 atom stereocenters. The average molecular weight is 449 g/mol. The molecule has 178 valence electrons. The van der Waals surface area contributed by atoms with Crippen LogP contribution in [0.3, 0.4) is 0 Å². The van der Waals surface area contributed by atoms with Crippen LogP contribution in [0.5, 0.6) is 0 Å². The molecule has 9 heteroatoms. The van der Waals surface area contributed by atoms with E-state index >= 15 is 0 Å². The molecule has 0 radical (unpaired) electrons. The number of nitrogens with one attached hydrogen (secondary N) is 1. The maximum atomic E-state index is 13.3. The molecule has 9 nitrogen and oxygen atoms in total. The van der Waals surface area contributed by atoms with Crippen molar-refractivity contribution >= 4 is 18.3 Å². The number of carbonyl (C=O) groups is 3. The van der Waals surface area contributed by atoms with Crippen molar-refractivity contribution in [2.75, 3.05) is 33.4 Å². The SMILES string of the molecule is CC(=O)N[C@H]1CC[C@@H](C(=O)N(C)Cc2ncccc2C)CN(C2CCOCC2)C1.O=CO. The minimum Gasteiger partial charge on any atom is -0.483 e. The second kappa shape index (κ2) is 13.1. The molecule has 32 heavy (non-hydrogen) atoms. The second-order valence-electron chi connectivity index (χ2n) is 8.54. The molecule has 3 rings (SSSR count). The Morgan fingerprint density at radius 3 is 2.59 bits per heavy atom. The highest BCUT2D eigenvalue weighted by atomic mass is 16.5. The zero-order chi connectivity index (χ0) is 23.5. The third-order valence-corrected chi connectivity index (χ3v) is 6.12. The van der Waals surface area contributed by atoms with Gasteiger partial charge in [-0.1, -0.05) is 6.07 Å². The van der Waals surface area contributed by atoms with Crippen molar-refractivity contribution in [1.82, 2.24) is 20.1 Å². The molecule has 2 fully saturated rings. The third kappa shape index (κ3) is 7.87. The van der Waals surface area contributed by atoms with Crippen LogP contribution < -0.4 is 5.32 Å². The molecular formula is C23H36N4O5. The van der Waals surface area contributed by atoms with Crippen LogP contribution >= 0.6 is 0 Å². The van der Waals surface area contributed by atoms with Gasteiger partial charge in [-0.15, -0.1) is 0 Å². The van der Waals surface area contributed by atoms with E-state index in [0.717, 1.165) is 63.2 Å². The van der Waals surface area contributed by atoms with Crippen LogP contribution in [0.1, 0.15) is 43.9 Å². The predicted molar refractivity (Wildman–Crippen MR) is 120 cm³/mol. The summed E-state index contributed by atoms with van der Waals surface area (Å²) in [5.74, 6) is 0.0932. The summed E-state index contributed by atoms with van der Waals surface area (Å²) in [4.78, 5) is 41.9. The Morgan fingerprint density at radius 2 is 1.97 bits per heavy atom. The zero-order valence-corrected chi connectivity index (χ0v) is 19.3. The van der Waals surface area contributed by atoms with Crippen LogP contribution in [0.15, 0.2) is 18.3 Å². The summed E-state index contributed by atoms with van der Waals surface area (Å²) < 4.78 is 5.52. The summed E-state index contributed by atoms with van der Waals surface area (Å²) in [5, 5.41) is 9.97. The van der Waals surface area contributed by atoms with Crippen molar-refractivity contribution in [1.29, 1.82) is 0 Å². The Morgan fingerprint density at radius 1 is 1.28 bits per heavy atom. The summed E-state index contributed by atoms with van der Waals surface area (Å²) in [7, 11) is 1.87. The molecular weight excluding hydrogens is 412 g/mol. The average Bonchev–Trinajstić information content (AvgIpc) is 2.98. The molecule has 0 saturated carbocycles. The molecule has 0 aliphatic carbocycles. The van der Waals surface area contributed by atoms with Gasteiger partial charge in [0, 0.05) is 58.6 Å². The van der Waals surface area contributed by atoms with E-state index in [0.29, 0.717) is 12.6 Å². The highest BCUT2D eigenvalue weighted by Gasteiger charge is 2.34. The molecule has 3 heterocycles. The quantitative estimate of drug-likeness (QED) is 0.656. The summed E-state index contributed by atoms with van der Waals surface area (Å²) >= 11 is 0. The smallest absolute Gasteiger partial charge is 0.290 e. The van der Waals surface area contributed by atoms with Crippen molar-refractivity contribution in [3.8, 4) is 0 Å². The maximum Gasteiger partial charge on any atom is 0.290 e. The van der Waals surface area contributed by atoms with E-state index in [1.165, 1.54) is 0 Å². The largest absolute Gasteiger partial charge is 0.483 e. The van der Waals surface area contributed by atoms with Gasteiger partial charge in [0.25, 0.3) is 6.47 Å². The number of pyridine rings is 1. The van der Waals surface area contributed by atoms with E-state index in [2.05, 4.69) is 15.2 Å². The molecule has 0 aromatic carbocycles. The first-order chi connectivity index (χ1) is 15.3. The van der Waals surface area contributed by atoms with Crippen molar-refractivity contribution in [2.24, 2.45) is 5.92 Å². The normalized spacial score (nSPS) is 22.1. The van der Waals surface area contributed by atoms with Crippen LogP contribution in [-0.2, 0) is 25.7 Å². The predicted octanol–water partition coefficient (Wildman–Crippen LogP) is 1.44. The standard InChI is InChI=1S/C22H34N4O3.CH2O2/c1-16-5-4-10-23-21(16)15-25(3)22(28)18-6-7-19(24-17(2)27)14-26(13-18)20-8-11-29-12-9-20;2-1-3/h4-5,10,18-20H,6-9,11-15H2,1-3H3,(H,24,27);1H,(H,2,3)/t18-,19+;/m1./s1. The number of carbonyl (C=O) groups excluding carboxylic acids is 2. The number of rotatable bonds is 5. The molecule has 2 amide bonds. The second-order valence-corrected chi connectivity index (χ2v) is 8.54. The van der Waals surface area contributed by atoms with Crippen LogP contribution in [-0.4, -0.2) is 83.6 Å². The minimum absolute atomic E-state index is 0.00514. The topological polar surface area (TPSA) is 112 Å². The number of ether oxygens (including phenoxy) is 1. The number of hydrogen-bond donors (Lipinski definition) is 2. The van der Waals surface area contributed by atoms with Crippen molar-refractivity contribution in [2.45, 2.75) is 58.2 Å². The third-order valence-electron chi connectivity index (χ3n) is 6.12. The Labute approximate surface area is 190 Å². The van der Waals surface area contributed by atoms with Gasteiger partial charge in [-0.25, -0.2) is 0 Å². The fourth-order valence-corrected chi connectivity index (χ4v) is 4.48. The maximum absolute atomic E-state index is 13.3. The summed E-state index contributed by atoms with van der Waals surface area (Å²) in [5.41, 5.74) is 2.04. The first-order valence-electron chi connectivity index (χ1n) is 11.2. The zero-order valence-electron chi connectivity index (χ0n) is 19.3. The number of nitrogens with zero attached hydrogens (tertiary/aromatic N) is 3. The lowest BCUT2D eigenvalue weighted by atomic mass is 9.99.